The van der Waals surface area contributed by atoms with Gasteiger partial charge in [-0.2, -0.15) is 0 Å². The highest BCUT2D eigenvalue weighted by Crippen LogP contribution is 2.41. The van der Waals surface area contributed by atoms with Crippen LogP contribution < -0.4 is 0 Å². The molecule has 134 valence electrons. The number of hydrogen-bond donors (Lipinski definition) is 0. The Kier molecular flexibility index (Phi) is 4.65. The number of fused-ring (bicyclic) bond motifs is 3. The lowest BCUT2D eigenvalue weighted by Crippen LogP contribution is -2.44. The molecule has 8 heteroatoms. The van der Waals surface area contributed by atoms with E-state index in [1.165, 1.54) is 13.8 Å². The standard InChI is InChI=1S/C16H22O8/c1-8(17)20-7-10-5-6-19-12-13(11(10)21-9(2)18)22-15-14(12)23-16(3,4)24-15/h5,11-15H,6-7H2,1-4H3/t11-,12+,13-,14-,15-/m1/s1. The second-order valence-corrected chi connectivity index (χ2v) is 6.46. The zero-order chi connectivity index (χ0) is 17.5. The lowest BCUT2D eigenvalue weighted by molar-refractivity contribution is -0.228. The van der Waals surface area contributed by atoms with Crippen LogP contribution in [0.5, 0.6) is 0 Å². The normalized spacial score (nSPS) is 37.0. The summed E-state index contributed by atoms with van der Waals surface area (Å²) in [7, 11) is 0. The topological polar surface area (TPSA) is 89.5 Å². The van der Waals surface area contributed by atoms with Gasteiger partial charge in [-0.25, -0.2) is 0 Å². The fourth-order valence-corrected chi connectivity index (χ4v) is 3.18. The van der Waals surface area contributed by atoms with Crippen LogP contribution in [0.1, 0.15) is 27.7 Å². The minimum Gasteiger partial charge on any atom is -0.461 e. The molecule has 0 radical (unpaired) electrons. The Morgan fingerprint density at radius 3 is 2.58 bits per heavy atom. The van der Waals surface area contributed by atoms with Gasteiger partial charge in [0.05, 0.1) is 6.61 Å². The number of hydrogen-bond acceptors (Lipinski definition) is 8. The first-order chi connectivity index (χ1) is 11.3. The maximum atomic E-state index is 11.5. The van der Waals surface area contributed by atoms with E-state index in [0.29, 0.717) is 5.57 Å². The van der Waals surface area contributed by atoms with Crippen molar-refractivity contribution in [2.75, 3.05) is 13.2 Å². The third kappa shape index (κ3) is 3.46. The van der Waals surface area contributed by atoms with Crippen LogP contribution in [0.25, 0.3) is 0 Å². The molecule has 2 fully saturated rings. The van der Waals surface area contributed by atoms with Crippen LogP contribution in [0, 0.1) is 0 Å². The molecule has 0 unspecified atom stereocenters. The van der Waals surface area contributed by atoms with Crippen LogP contribution in [0.3, 0.4) is 0 Å². The summed E-state index contributed by atoms with van der Waals surface area (Å²) in [5.74, 6) is -1.64. The van der Waals surface area contributed by atoms with E-state index in [0.717, 1.165) is 0 Å². The van der Waals surface area contributed by atoms with Crippen LogP contribution in [0.4, 0.5) is 0 Å². The van der Waals surface area contributed by atoms with Gasteiger partial charge in [0.15, 0.2) is 18.2 Å². The van der Waals surface area contributed by atoms with Crippen LogP contribution in [-0.4, -0.2) is 61.6 Å². The highest BCUT2D eigenvalue weighted by molar-refractivity contribution is 5.67. The summed E-state index contributed by atoms with van der Waals surface area (Å²) in [6.45, 7) is 6.51. The molecule has 0 aromatic carbocycles. The summed E-state index contributed by atoms with van der Waals surface area (Å²) >= 11 is 0. The van der Waals surface area contributed by atoms with E-state index < -0.39 is 48.4 Å². The van der Waals surface area contributed by atoms with Gasteiger partial charge in [-0.05, 0) is 13.8 Å². The zero-order valence-electron chi connectivity index (χ0n) is 14.1. The van der Waals surface area contributed by atoms with E-state index in [9.17, 15) is 9.59 Å². The summed E-state index contributed by atoms with van der Waals surface area (Å²) in [5.41, 5.74) is 0.618. The number of carbonyl (C=O) groups excluding carboxylic acids is 2. The van der Waals surface area contributed by atoms with E-state index in [2.05, 4.69) is 0 Å². The number of rotatable bonds is 3. The highest BCUT2D eigenvalue weighted by Gasteiger charge is 2.58. The zero-order valence-corrected chi connectivity index (χ0v) is 14.1. The van der Waals surface area contributed by atoms with Crippen molar-refractivity contribution in [3.05, 3.63) is 11.6 Å². The molecule has 0 saturated carbocycles. The predicted octanol–water partition coefficient (Wildman–Crippen LogP) is 0.683. The maximum absolute atomic E-state index is 11.5. The Hall–Kier alpha value is -1.48. The fourth-order valence-electron chi connectivity index (χ4n) is 3.18. The van der Waals surface area contributed by atoms with Crippen molar-refractivity contribution in [2.24, 2.45) is 0 Å². The second kappa shape index (κ2) is 6.44. The average molecular weight is 342 g/mol. The quantitative estimate of drug-likeness (QED) is 0.546. The van der Waals surface area contributed by atoms with Gasteiger partial charge in [-0.1, -0.05) is 6.08 Å². The van der Waals surface area contributed by atoms with Crippen LogP contribution in [0.15, 0.2) is 11.6 Å². The van der Waals surface area contributed by atoms with Gasteiger partial charge in [0.1, 0.15) is 24.9 Å². The number of carbonyl (C=O) groups is 2. The SMILES string of the molecule is CC(=O)OCC1=CCO[C@@H]2[C@H]3OC(C)(C)O[C@H]3O[C@@H]2[C@@H]1OC(C)=O. The molecule has 24 heavy (non-hydrogen) atoms. The third-order valence-corrected chi connectivity index (χ3v) is 4.06. The van der Waals surface area contributed by atoms with E-state index >= 15 is 0 Å². The van der Waals surface area contributed by atoms with Crippen molar-refractivity contribution < 1.29 is 38.0 Å². The molecule has 2 saturated heterocycles. The van der Waals surface area contributed by atoms with Crippen molar-refractivity contribution in [3.63, 3.8) is 0 Å². The van der Waals surface area contributed by atoms with E-state index in [1.54, 1.807) is 19.9 Å². The van der Waals surface area contributed by atoms with Crippen LogP contribution in [-0.2, 0) is 38.0 Å². The number of ether oxygens (including phenoxy) is 6. The maximum Gasteiger partial charge on any atom is 0.303 e. The van der Waals surface area contributed by atoms with Crippen LogP contribution >= 0.6 is 0 Å². The molecule has 0 amide bonds. The minimum atomic E-state index is -0.763. The van der Waals surface area contributed by atoms with Gasteiger partial charge < -0.3 is 28.4 Å². The van der Waals surface area contributed by atoms with Gasteiger partial charge in [-0.15, -0.1) is 0 Å². The van der Waals surface area contributed by atoms with Crippen molar-refractivity contribution in [1.29, 1.82) is 0 Å². The summed E-state index contributed by atoms with van der Waals surface area (Å²) in [6, 6.07) is 0. The van der Waals surface area contributed by atoms with Gasteiger partial charge in [0, 0.05) is 19.4 Å². The monoisotopic (exact) mass is 342 g/mol. The Labute approximate surface area is 140 Å². The molecule has 0 aromatic rings. The molecule has 3 aliphatic heterocycles. The van der Waals surface area contributed by atoms with Gasteiger partial charge in [-0.3, -0.25) is 9.59 Å². The molecular formula is C16H22O8. The smallest absolute Gasteiger partial charge is 0.303 e. The van der Waals surface area contributed by atoms with E-state index in [-0.39, 0.29) is 13.2 Å². The highest BCUT2D eigenvalue weighted by atomic mass is 16.8. The van der Waals surface area contributed by atoms with Crippen LogP contribution in [0.2, 0.25) is 0 Å². The number of esters is 2. The molecule has 8 nitrogen and oxygen atoms in total. The summed E-state index contributed by atoms with van der Waals surface area (Å²) < 4.78 is 33.8. The summed E-state index contributed by atoms with van der Waals surface area (Å²) in [6.07, 6.45) is -1.04. The Balaban J connectivity index is 1.81. The second-order valence-electron chi connectivity index (χ2n) is 6.46. The van der Waals surface area contributed by atoms with E-state index in [4.69, 9.17) is 28.4 Å². The third-order valence-electron chi connectivity index (χ3n) is 4.06. The van der Waals surface area contributed by atoms with Crippen molar-refractivity contribution >= 4 is 11.9 Å². The molecule has 0 aromatic heterocycles. The van der Waals surface area contributed by atoms with E-state index in [1.807, 2.05) is 0 Å². The Morgan fingerprint density at radius 1 is 1.17 bits per heavy atom. The first-order valence-corrected chi connectivity index (χ1v) is 7.89. The first-order valence-electron chi connectivity index (χ1n) is 7.89. The lowest BCUT2D eigenvalue weighted by Gasteiger charge is -2.29. The average Bonchev–Trinajstić information content (AvgIpc) is 2.86. The first kappa shape index (κ1) is 17.3. The molecule has 5 atom stereocenters. The summed E-state index contributed by atoms with van der Waals surface area (Å²) in [5, 5.41) is 0. The molecule has 0 aliphatic carbocycles. The minimum absolute atomic E-state index is 0.00571. The Morgan fingerprint density at radius 2 is 1.92 bits per heavy atom. The summed E-state index contributed by atoms with van der Waals surface area (Å²) in [4.78, 5) is 22.6. The van der Waals surface area contributed by atoms with Crippen molar-refractivity contribution in [1.82, 2.24) is 0 Å². The molecule has 3 aliphatic rings. The van der Waals surface area contributed by atoms with Crippen molar-refractivity contribution in [2.45, 2.75) is 64.2 Å². The van der Waals surface area contributed by atoms with Gasteiger partial charge in [0.2, 0.25) is 0 Å². The molecule has 0 bridgehead atoms. The van der Waals surface area contributed by atoms with Crippen molar-refractivity contribution in [3.8, 4) is 0 Å². The molecule has 0 spiro atoms. The molecule has 3 rings (SSSR count). The van der Waals surface area contributed by atoms with Gasteiger partial charge >= 0.3 is 11.9 Å². The van der Waals surface area contributed by atoms with Gasteiger partial charge in [0.25, 0.3) is 0 Å². The molecule has 3 heterocycles. The predicted molar refractivity (Wildman–Crippen MR) is 78.7 cm³/mol. The Bertz CT molecular complexity index is 554. The largest absolute Gasteiger partial charge is 0.461 e. The molecular weight excluding hydrogens is 320 g/mol. The molecule has 0 N–H and O–H groups in total. The fraction of sp³-hybridized carbons (Fsp3) is 0.750. The lowest BCUT2D eigenvalue weighted by atomic mass is 10.00.